The molecule has 0 bridgehead atoms. The van der Waals surface area contributed by atoms with Crippen LogP contribution in [0.3, 0.4) is 0 Å². The van der Waals surface area contributed by atoms with Gasteiger partial charge in [0.2, 0.25) is 5.89 Å². The van der Waals surface area contributed by atoms with Gasteiger partial charge in [-0.05, 0) is 64.9 Å². The Morgan fingerprint density at radius 2 is 1.05 bits per heavy atom. The number of rotatable bonds is 3. The Kier molecular flexibility index (Phi) is 4.58. The molecule has 0 N–H and O–H groups in total. The molecule has 5 heteroatoms. The van der Waals surface area contributed by atoms with Crippen molar-refractivity contribution in [3.63, 3.8) is 0 Å². The summed E-state index contributed by atoms with van der Waals surface area (Å²) >= 11 is 0. The lowest BCUT2D eigenvalue weighted by Gasteiger charge is -2.44. The predicted octanol–water partition coefficient (Wildman–Crippen LogP) is 6.42. The summed E-state index contributed by atoms with van der Waals surface area (Å²) < 4.78 is 5.83. The third kappa shape index (κ3) is 3.02. The quantitative estimate of drug-likeness (QED) is 0.269. The van der Waals surface area contributed by atoms with E-state index in [1.54, 1.807) is 12.5 Å². The summed E-state index contributed by atoms with van der Waals surface area (Å²) in [7, 11) is 0. The van der Waals surface area contributed by atoms with Gasteiger partial charge in [-0.1, -0.05) is 72.8 Å². The van der Waals surface area contributed by atoms with Crippen molar-refractivity contribution in [2.45, 2.75) is 0 Å². The van der Waals surface area contributed by atoms with Gasteiger partial charge in [-0.25, -0.2) is 4.98 Å². The number of aromatic nitrogens is 1. The number of oxazole rings is 1. The number of nitrogens with zero attached hydrogens (tertiary/aromatic N) is 3. The maximum absolute atomic E-state index is 5.83. The van der Waals surface area contributed by atoms with E-state index in [2.05, 4.69) is 136 Å². The van der Waals surface area contributed by atoms with Gasteiger partial charge in [0.25, 0.3) is 6.71 Å². The number of hydrogen-bond acceptors (Lipinski definition) is 4. The van der Waals surface area contributed by atoms with E-state index >= 15 is 0 Å². The molecule has 6 aromatic rings. The third-order valence-electron chi connectivity index (χ3n) is 7.59. The first kappa shape index (κ1) is 21.1. The third-order valence-corrected chi connectivity index (χ3v) is 7.59. The van der Waals surface area contributed by atoms with E-state index in [1.165, 1.54) is 27.8 Å². The second-order valence-electron chi connectivity index (χ2n) is 9.66. The highest BCUT2D eigenvalue weighted by Crippen LogP contribution is 2.45. The molecule has 4 nitrogen and oxygen atoms in total. The summed E-state index contributed by atoms with van der Waals surface area (Å²) in [6.45, 7) is 0.103. The lowest BCUT2D eigenvalue weighted by Crippen LogP contribution is -2.61. The maximum Gasteiger partial charge on any atom is 0.252 e. The second kappa shape index (κ2) is 8.25. The molecule has 5 aromatic carbocycles. The molecule has 0 amide bonds. The van der Waals surface area contributed by atoms with Gasteiger partial charge in [-0.3, -0.25) is 0 Å². The molecule has 0 aliphatic carbocycles. The molecule has 3 heterocycles. The highest BCUT2D eigenvalue weighted by Gasteiger charge is 2.43. The van der Waals surface area contributed by atoms with Gasteiger partial charge in [0, 0.05) is 39.7 Å². The molecule has 2 aliphatic heterocycles. The lowest BCUT2D eigenvalue weighted by molar-refractivity contribution is 0.574. The fourth-order valence-corrected chi connectivity index (χ4v) is 6.10. The van der Waals surface area contributed by atoms with E-state index in [9.17, 15) is 0 Å². The second-order valence-corrected chi connectivity index (χ2v) is 9.66. The molecule has 1 aromatic heterocycles. The van der Waals surface area contributed by atoms with Crippen LogP contribution in [0.5, 0.6) is 0 Å². The van der Waals surface area contributed by atoms with Crippen LogP contribution in [-0.4, -0.2) is 11.7 Å². The van der Waals surface area contributed by atoms with Gasteiger partial charge < -0.3 is 14.2 Å². The Morgan fingerprint density at radius 1 is 0.553 bits per heavy atom. The topological polar surface area (TPSA) is 32.5 Å². The van der Waals surface area contributed by atoms with Gasteiger partial charge in [-0.2, -0.15) is 0 Å². The van der Waals surface area contributed by atoms with Gasteiger partial charge >= 0.3 is 0 Å². The van der Waals surface area contributed by atoms with Crippen molar-refractivity contribution >= 4 is 57.2 Å². The Bertz CT molecular complexity index is 1670. The number of anilines is 6. The molecule has 0 saturated heterocycles. The molecule has 0 radical (unpaired) electrons. The van der Waals surface area contributed by atoms with Crippen molar-refractivity contribution in [3.05, 3.63) is 134 Å². The Morgan fingerprint density at radius 3 is 1.55 bits per heavy atom. The summed E-state index contributed by atoms with van der Waals surface area (Å²) in [4.78, 5) is 9.29. The lowest BCUT2D eigenvalue weighted by atomic mass is 9.33. The monoisotopic (exact) mass is 487 g/mol. The molecule has 38 heavy (non-hydrogen) atoms. The van der Waals surface area contributed by atoms with Crippen molar-refractivity contribution in [1.29, 1.82) is 0 Å². The van der Waals surface area contributed by atoms with Gasteiger partial charge in [0.1, 0.15) is 6.26 Å². The minimum atomic E-state index is 0.103. The van der Waals surface area contributed by atoms with Crippen LogP contribution in [0.4, 0.5) is 34.1 Å². The highest BCUT2D eigenvalue weighted by molar-refractivity contribution is 7.00. The molecule has 0 unspecified atom stereocenters. The highest BCUT2D eigenvalue weighted by atomic mass is 16.3. The molecule has 0 spiro atoms. The fraction of sp³-hybridized carbons (Fsp3) is 0. The molecule has 0 saturated carbocycles. The van der Waals surface area contributed by atoms with E-state index < -0.39 is 0 Å². The van der Waals surface area contributed by atoms with Crippen molar-refractivity contribution in [1.82, 2.24) is 4.98 Å². The first-order valence-corrected chi connectivity index (χ1v) is 12.8. The van der Waals surface area contributed by atoms with Crippen LogP contribution >= 0.6 is 0 Å². The number of hydrogen-bond donors (Lipinski definition) is 0. The van der Waals surface area contributed by atoms with Gasteiger partial charge in [0.15, 0.2) is 0 Å². The predicted molar refractivity (Wildman–Crippen MR) is 156 cm³/mol. The summed E-state index contributed by atoms with van der Waals surface area (Å²) in [6.07, 6.45) is 3.34. The average molecular weight is 487 g/mol. The van der Waals surface area contributed by atoms with Crippen molar-refractivity contribution in [3.8, 4) is 11.5 Å². The molecular formula is C33H22BN3O. The normalized spacial score (nSPS) is 13.1. The fourth-order valence-electron chi connectivity index (χ4n) is 6.10. The van der Waals surface area contributed by atoms with Crippen LogP contribution in [-0.2, 0) is 0 Å². The maximum atomic E-state index is 5.83. The minimum absolute atomic E-state index is 0.103. The molecule has 8 rings (SSSR count). The van der Waals surface area contributed by atoms with Gasteiger partial charge in [0.05, 0.1) is 6.20 Å². The van der Waals surface area contributed by atoms with Crippen LogP contribution in [0.2, 0.25) is 0 Å². The van der Waals surface area contributed by atoms with Crippen molar-refractivity contribution in [2.75, 3.05) is 9.80 Å². The molecular weight excluding hydrogens is 465 g/mol. The smallest absolute Gasteiger partial charge is 0.252 e. The molecule has 2 aliphatic rings. The summed E-state index contributed by atoms with van der Waals surface area (Å²) in [6, 6.07) is 43.3. The van der Waals surface area contributed by atoms with E-state index in [4.69, 9.17) is 4.42 Å². The standard InChI is InChI=1S/C33H22BN3O/c1-3-11-24(12-4-1)36-28-17-9-7-15-26(28)34-27-16-8-10-18-29(27)37(25-13-5-2-6-14-25)31-22-23(21-30(36)32(31)34)33-35-19-20-38-33/h1-22H. The minimum Gasteiger partial charge on any atom is -0.445 e. The average Bonchev–Trinajstić information content (AvgIpc) is 3.53. The van der Waals surface area contributed by atoms with E-state index in [0.29, 0.717) is 5.89 Å². The number of benzene rings is 5. The Balaban J connectivity index is 1.52. The first-order chi connectivity index (χ1) is 18.9. The Hall–Kier alpha value is -5.03. The Labute approximate surface area is 221 Å². The van der Waals surface area contributed by atoms with Crippen molar-refractivity contribution < 1.29 is 4.42 Å². The molecule has 0 atom stereocenters. The largest absolute Gasteiger partial charge is 0.445 e. The molecule has 178 valence electrons. The summed E-state index contributed by atoms with van der Waals surface area (Å²) in [5, 5.41) is 0. The zero-order chi connectivity index (χ0) is 25.1. The van der Waals surface area contributed by atoms with Crippen LogP contribution in [0.25, 0.3) is 11.5 Å². The number of para-hydroxylation sites is 4. The molecule has 0 fully saturated rings. The SMILES string of the molecule is c1ccc(N2c3ccccc3B3c4ccccc4N(c4ccccc4)c4cc(-c5ncco5)cc2c43)cc1. The summed E-state index contributed by atoms with van der Waals surface area (Å²) in [5.74, 6) is 0.611. The van der Waals surface area contributed by atoms with E-state index in [0.717, 1.165) is 28.3 Å². The first-order valence-electron chi connectivity index (χ1n) is 12.8. The zero-order valence-corrected chi connectivity index (χ0v) is 20.5. The van der Waals surface area contributed by atoms with Gasteiger partial charge in [-0.15, -0.1) is 0 Å². The van der Waals surface area contributed by atoms with E-state index in [-0.39, 0.29) is 6.71 Å². The van der Waals surface area contributed by atoms with Crippen LogP contribution in [0, 0.1) is 0 Å². The van der Waals surface area contributed by atoms with E-state index in [1.807, 2.05) is 0 Å². The van der Waals surface area contributed by atoms with Crippen LogP contribution < -0.4 is 26.2 Å². The van der Waals surface area contributed by atoms with Crippen LogP contribution in [0.1, 0.15) is 0 Å². The van der Waals surface area contributed by atoms with Crippen LogP contribution in [0.15, 0.2) is 138 Å². The zero-order valence-electron chi connectivity index (χ0n) is 20.5. The number of fused-ring (bicyclic) bond motifs is 4. The summed E-state index contributed by atoms with van der Waals surface area (Å²) in [5.41, 5.74) is 11.7. The van der Waals surface area contributed by atoms with Crippen molar-refractivity contribution in [2.24, 2.45) is 0 Å².